The van der Waals surface area contributed by atoms with Crippen molar-refractivity contribution in [2.24, 2.45) is 11.8 Å². The number of aromatic nitrogens is 1. The van der Waals surface area contributed by atoms with E-state index in [2.05, 4.69) is 42.5 Å². The Bertz CT molecular complexity index is 759. The molecule has 5 nitrogen and oxygen atoms in total. The Morgan fingerprint density at radius 2 is 2.00 bits per heavy atom. The lowest BCUT2D eigenvalue weighted by Crippen LogP contribution is -2.45. The molecule has 4 rings (SSSR count). The average molecular weight is 374 g/mol. The van der Waals surface area contributed by atoms with Crippen molar-refractivity contribution >= 4 is 11.6 Å². The van der Waals surface area contributed by atoms with Crippen molar-refractivity contribution in [3.63, 3.8) is 0 Å². The van der Waals surface area contributed by atoms with E-state index in [-0.39, 0.29) is 5.60 Å². The minimum atomic E-state index is -0.272. The molecule has 1 aromatic heterocycles. The summed E-state index contributed by atoms with van der Waals surface area (Å²) in [5, 5.41) is 9.18. The molecular formula is C22H35N3O2. The Balaban J connectivity index is 1.57. The lowest BCUT2D eigenvalue weighted by atomic mass is 9.86. The zero-order valence-corrected chi connectivity index (χ0v) is 17.2. The minimum Gasteiger partial charge on any atom is -0.370 e. The van der Waals surface area contributed by atoms with Crippen molar-refractivity contribution in [3.8, 4) is 0 Å². The molecule has 0 aromatic carbocycles. The van der Waals surface area contributed by atoms with E-state index >= 15 is 0 Å². The van der Waals surface area contributed by atoms with Crippen LogP contribution < -0.4 is 16.0 Å². The van der Waals surface area contributed by atoms with E-state index in [0.717, 1.165) is 62.0 Å². The van der Waals surface area contributed by atoms with Crippen molar-refractivity contribution < 1.29 is 9.26 Å². The maximum atomic E-state index is 6.44. The van der Waals surface area contributed by atoms with E-state index in [1.807, 2.05) is 0 Å². The molecule has 0 bridgehead atoms. The SMILES string of the molecule is CN(C)CC1=c2onc(CCC3CCNCC3)c2=CCC1(C)OCC1CC1. The monoisotopic (exact) mass is 373 g/mol. The number of piperidine rings is 1. The fourth-order valence-corrected chi connectivity index (χ4v) is 4.40. The van der Waals surface area contributed by atoms with Gasteiger partial charge in [-0.3, -0.25) is 0 Å². The third-order valence-electron chi connectivity index (χ3n) is 6.47. The average Bonchev–Trinajstić information content (AvgIpc) is 3.40. The lowest BCUT2D eigenvalue weighted by molar-refractivity contribution is 0.00599. The molecule has 1 saturated carbocycles. The third-order valence-corrected chi connectivity index (χ3v) is 6.47. The molecule has 1 N–H and O–H groups in total. The topological polar surface area (TPSA) is 50.5 Å². The normalized spacial score (nSPS) is 26.3. The minimum absolute atomic E-state index is 0.272. The van der Waals surface area contributed by atoms with E-state index in [9.17, 15) is 0 Å². The van der Waals surface area contributed by atoms with Crippen LogP contribution in [0.25, 0.3) is 11.6 Å². The molecule has 2 aliphatic carbocycles. The van der Waals surface area contributed by atoms with Crippen molar-refractivity contribution in [1.29, 1.82) is 0 Å². The van der Waals surface area contributed by atoms with Gasteiger partial charge in [0.05, 0.1) is 17.9 Å². The van der Waals surface area contributed by atoms with Gasteiger partial charge in [0.25, 0.3) is 0 Å². The van der Waals surface area contributed by atoms with Gasteiger partial charge in [0.1, 0.15) is 0 Å². The molecule has 1 unspecified atom stereocenters. The first kappa shape index (κ1) is 19.2. The van der Waals surface area contributed by atoms with Crippen molar-refractivity contribution in [2.75, 3.05) is 40.3 Å². The van der Waals surface area contributed by atoms with Crippen LogP contribution in [0.1, 0.15) is 51.1 Å². The number of hydrogen-bond acceptors (Lipinski definition) is 5. The molecule has 0 radical (unpaired) electrons. The molecule has 150 valence electrons. The lowest BCUT2D eigenvalue weighted by Gasteiger charge is -2.34. The van der Waals surface area contributed by atoms with Gasteiger partial charge in [0.15, 0.2) is 5.42 Å². The molecule has 2 heterocycles. The quantitative estimate of drug-likeness (QED) is 0.752. The standard InChI is InChI=1S/C22H35N3O2/c1-22(26-15-17-4-5-17)11-8-18-20(7-6-16-9-12-23-13-10-16)24-27-21(18)19(22)14-25(2)3/h8,16-17,23H,4-7,9-15H2,1-3H3. The van der Waals surface area contributed by atoms with Crippen LogP contribution in [0.4, 0.5) is 0 Å². The van der Waals surface area contributed by atoms with Crippen molar-refractivity contribution in [2.45, 2.75) is 57.5 Å². The summed E-state index contributed by atoms with van der Waals surface area (Å²) in [6, 6.07) is 0. The van der Waals surface area contributed by atoms with Crippen LogP contribution in [0.15, 0.2) is 4.52 Å². The van der Waals surface area contributed by atoms with Gasteiger partial charge in [-0.05, 0) is 90.9 Å². The third kappa shape index (κ3) is 4.47. The van der Waals surface area contributed by atoms with Gasteiger partial charge in [-0.15, -0.1) is 0 Å². The van der Waals surface area contributed by atoms with Crippen LogP contribution in [-0.2, 0) is 11.2 Å². The second-order valence-corrected chi connectivity index (χ2v) is 9.21. The number of rotatable bonds is 8. The summed E-state index contributed by atoms with van der Waals surface area (Å²) >= 11 is 0. The van der Waals surface area contributed by atoms with Gasteiger partial charge in [0.2, 0.25) is 0 Å². The highest BCUT2D eigenvalue weighted by atomic mass is 16.5. The summed E-state index contributed by atoms with van der Waals surface area (Å²) in [7, 11) is 4.22. The molecule has 1 saturated heterocycles. The van der Waals surface area contributed by atoms with Gasteiger partial charge >= 0.3 is 0 Å². The molecule has 2 fully saturated rings. The van der Waals surface area contributed by atoms with Gasteiger partial charge in [0, 0.05) is 17.3 Å². The van der Waals surface area contributed by atoms with Gasteiger partial charge in [-0.2, -0.15) is 0 Å². The molecule has 3 aliphatic rings. The van der Waals surface area contributed by atoms with Gasteiger partial charge < -0.3 is 19.5 Å². The summed E-state index contributed by atoms with van der Waals surface area (Å²) in [5.74, 6) is 1.58. The number of fused-ring (bicyclic) bond motifs is 1. The Morgan fingerprint density at radius 3 is 2.70 bits per heavy atom. The second kappa shape index (κ2) is 8.06. The van der Waals surface area contributed by atoms with E-state index in [1.54, 1.807) is 0 Å². The largest absolute Gasteiger partial charge is 0.370 e. The summed E-state index contributed by atoms with van der Waals surface area (Å²) in [5.41, 5.74) is 3.09. The molecule has 27 heavy (non-hydrogen) atoms. The number of aryl methyl sites for hydroxylation is 1. The van der Waals surface area contributed by atoms with Crippen LogP contribution in [0, 0.1) is 11.8 Å². The Hall–Kier alpha value is -1.17. The number of nitrogens with zero attached hydrogens (tertiary/aromatic N) is 2. The molecule has 1 atom stereocenters. The summed E-state index contributed by atoms with van der Waals surface area (Å²) < 4.78 is 12.4. The van der Waals surface area contributed by atoms with Crippen LogP contribution in [0.2, 0.25) is 0 Å². The first-order valence-corrected chi connectivity index (χ1v) is 10.7. The van der Waals surface area contributed by atoms with E-state index in [4.69, 9.17) is 9.26 Å². The predicted molar refractivity (Wildman–Crippen MR) is 108 cm³/mol. The Labute approximate surface area is 162 Å². The number of ether oxygens (including phenoxy) is 1. The molecule has 1 aliphatic heterocycles. The first-order valence-electron chi connectivity index (χ1n) is 10.7. The maximum absolute atomic E-state index is 6.44. The zero-order chi connectivity index (χ0) is 18.9. The van der Waals surface area contributed by atoms with Crippen LogP contribution in [-0.4, -0.2) is 56.0 Å². The fraction of sp³-hybridized carbons (Fsp3) is 0.773. The van der Waals surface area contributed by atoms with Gasteiger partial charge in [-0.25, -0.2) is 0 Å². The van der Waals surface area contributed by atoms with Crippen molar-refractivity contribution in [1.82, 2.24) is 15.4 Å². The first-order chi connectivity index (χ1) is 13.0. The maximum Gasteiger partial charge on any atom is 0.170 e. The smallest absolute Gasteiger partial charge is 0.170 e. The fourth-order valence-electron chi connectivity index (χ4n) is 4.40. The molecular weight excluding hydrogens is 338 g/mol. The highest BCUT2D eigenvalue weighted by Gasteiger charge is 2.36. The Morgan fingerprint density at radius 1 is 1.22 bits per heavy atom. The van der Waals surface area contributed by atoms with Crippen molar-refractivity contribution in [3.05, 3.63) is 16.3 Å². The second-order valence-electron chi connectivity index (χ2n) is 9.21. The van der Waals surface area contributed by atoms with E-state index in [1.165, 1.54) is 42.9 Å². The molecule has 5 heteroatoms. The molecule has 0 amide bonds. The highest BCUT2D eigenvalue weighted by Crippen LogP contribution is 2.34. The number of hydrogen-bond donors (Lipinski definition) is 1. The Kier molecular flexibility index (Phi) is 5.72. The van der Waals surface area contributed by atoms with Gasteiger partial charge in [-0.1, -0.05) is 11.2 Å². The van der Waals surface area contributed by atoms with E-state index in [0.29, 0.717) is 0 Å². The summed E-state index contributed by atoms with van der Waals surface area (Å²) in [6.45, 7) is 6.26. The zero-order valence-electron chi connectivity index (χ0n) is 17.2. The van der Waals surface area contributed by atoms with Crippen LogP contribution in [0.3, 0.4) is 0 Å². The molecule has 1 aromatic rings. The molecule has 0 spiro atoms. The number of nitrogens with one attached hydrogen (secondary N) is 1. The van der Waals surface area contributed by atoms with Crippen LogP contribution in [0.5, 0.6) is 0 Å². The van der Waals surface area contributed by atoms with Crippen LogP contribution >= 0.6 is 0 Å². The van der Waals surface area contributed by atoms with E-state index < -0.39 is 0 Å². The highest BCUT2D eigenvalue weighted by molar-refractivity contribution is 5.60. The summed E-state index contributed by atoms with van der Waals surface area (Å²) in [4.78, 5) is 2.21. The summed E-state index contributed by atoms with van der Waals surface area (Å²) in [6.07, 6.45) is 10.7. The predicted octanol–water partition coefficient (Wildman–Crippen LogP) is 1.69.